The molecule has 28 heavy (non-hydrogen) atoms. The molecule has 0 spiro atoms. The van der Waals surface area contributed by atoms with Crippen LogP contribution in [0, 0.1) is 0 Å². The number of carboxylic acid groups (broad SMARTS) is 1. The van der Waals surface area contributed by atoms with E-state index in [1.807, 2.05) is 12.1 Å². The van der Waals surface area contributed by atoms with Gasteiger partial charge in [0.2, 0.25) is 0 Å². The largest absolute Gasteiger partial charge is 0.493 e. The average Bonchev–Trinajstić information content (AvgIpc) is 2.65. The van der Waals surface area contributed by atoms with Crippen LogP contribution >= 0.6 is 0 Å². The first-order chi connectivity index (χ1) is 13.2. The van der Waals surface area contributed by atoms with Crippen LogP contribution in [0.2, 0.25) is 0 Å². The summed E-state index contributed by atoms with van der Waals surface area (Å²) in [6.07, 6.45) is -0.249. The van der Waals surface area contributed by atoms with Crippen molar-refractivity contribution in [3.8, 4) is 11.5 Å². The maximum atomic E-state index is 12.7. The predicted octanol–water partition coefficient (Wildman–Crippen LogP) is 3.95. The molecule has 0 aliphatic carbocycles. The van der Waals surface area contributed by atoms with E-state index in [0.717, 1.165) is 5.56 Å². The maximum absolute atomic E-state index is 12.7. The molecule has 0 aliphatic heterocycles. The molecule has 2 aromatic carbocycles. The molecule has 150 valence electrons. The summed E-state index contributed by atoms with van der Waals surface area (Å²) in [6.45, 7) is 6.30. The molecule has 2 N–H and O–H groups in total. The summed E-state index contributed by atoms with van der Waals surface area (Å²) in [5, 5.41) is 12.1. The molecule has 0 radical (unpaired) electrons. The van der Waals surface area contributed by atoms with E-state index in [-0.39, 0.29) is 17.7 Å². The number of carbonyl (C=O) groups excluding carboxylic acids is 1. The van der Waals surface area contributed by atoms with Crippen LogP contribution in [-0.4, -0.2) is 31.2 Å². The molecule has 0 heterocycles. The van der Waals surface area contributed by atoms with E-state index in [2.05, 4.69) is 26.1 Å². The van der Waals surface area contributed by atoms with Gasteiger partial charge in [-0.15, -0.1) is 0 Å². The van der Waals surface area contributed by atoms with E-state index >= 15 is 0 Å². The Morgan fingerprint density at radius 2 is 1.61 bits per heavy atom. The van der Waals surface area contributed by atoms with Crippen molar-refractivity contribution in [2.75, 3.05) is 14.2 Å². The van der Waals surface area contributed by atoms with Crippen molar-refractivity contribution in [2.45, 2.75) is 38.6 Å². The molecule has 1 unspecified atom stereocenters. The fourth-order valence-electron chi connectivity index (χ4n) is 2.86. The van der Waals surface area contributed by atoms with Crippen LogP contribution in [-0.2, 0) is 10.2 Å². The number of hydrogen-bond acceptors (Lipinski definition) is 4. The standard InChI is InChI=1S/C22H27NO5/c1-22(2,3)16-9-6-14(7-10-16)21(26)23-17(13-20(24)25)15-8-11-18(27-4)19(12-15)28-5/h6-12,17H,13H2,1-5H3,(H,23,26)(H,24,25). The number of rotatable bonds is 7. The van der Waals surface area contributed by atoms with Crippen LogP contribution in [0.15, 0.2) is 42.5 Å². The zero-order valence-corrected chi connectivity index (χ0v) is 16.9. The molecule has 0 saturated carbocycles. The second-order valence-corrected chi connectivity index (χ2v) is 7.57. The molecular formula is C22H27NO5. The summed E-state index contributed by atoms with van der Waals surface area (Å²) in [5.74, 6) is -0.340. The van der Waals surface area contributed by atoms with Gasteiger partial charge in [-0.1, -0.05) is 39.0 Å². The summed E-state index contributed by atoms with van der Waals surface area (Å²) in [6, 6.07) is 11.7. The van der Waals surface area contributed by atoms with Gasteiger partial charge >= 0.3 is 5.97 Å². The molecule has 1 atom stereocenters. The summed E-state index contributed by atoms with van der Waals surface area (Å²) in [7, 11) is 3.03. The van der Waals surface area contributed by atoms with E-state index in [1.165, 1.54) is 14.2 Å². The first-order valence-corrected chi connectivity index (χ1v) is 9.01. The minimum atomic E-state index is -1.01. The Morgan fingerprint density at radius 3 is 2.11 bits per heavy atom. The van der Waals surface area contributed by atoms with E-state index in [9.17, 15) is 14.7 Å². The van der Waals surface area contributed by atoms with Crippen molar-refractivity contribution < 1.29 is 24.2 Å². The minimum absolute atomic E-state index is 0.0134. The van der Waals surface area contributed by atoms with Crippen molar-refractivity contribution in [1.82, 2.24) is 5.32 Å². The molecule has 0 bridgehead atoms. The fourth-order valence-corrected chi connectivity index (χ4v) is 2.86. The number of amides is 1. The van der Waals surface area contributed by atoms with Gasteiger partial charge in [0.05, 0.1) is 26.7 Å². The second kappa shape index (κ2) is 8.78. The summed E-state index contributed by atoms with van der Waals surface area (Å²) < 4.78 is 10.5. The molecule has 0 fully saturated rings. The van der Waals surface area contributed by atoms with Gasteiger partial charge in [0.15, 0.2) is 11.5 Å². The van der Waals surface area contributed by atoms with Crippen LogP contribution in [0.1, 0.15) is 54.7 Å². The first kappa shape index (κ1) is 21.3. The third-order valence-corrected chi connectivity index (χ3v) is 4.51. The average molecular weight is 385 g/mol. The van der Waals surface area contributed by atoms with Gasteiger partial charge in [0.1, 0.15) is 0 Å². The number of methoxy groups -OCH3 is 2. The number of benzene rings is 2. The van der Waals surface area contributed by atoms with Gasteiger partial charge in [0, 0.05) is 5.56 Å². The highest BCUT2D eigenvalue weighted by Gasteiger charge is 2.21. The number of nitrogens with one attached hydrogen (secondary N) is 1. The monoisotopic (exact) mass is 385 g/mol. The number of carbonyl (C=O) groups is 2. The Labute approximate surface area is 165 Å². The Kier molecular flexibility index (Phi) is 6.67. The van der Waals surface area contributed by atoms with E-state index in [1.54, 1.807) is 30.3 Å². The van der Waals surface area contributed by atoms with Gasteiger partial charge < -0.3 is 19.9 Å². The number of ether oxygens (including phenoxy) is 2. The van der Waals surface area contributed by atoms with Gasteiger partial charge in [-0.3, -0.25) is 9.59 Å². The second-order valence-electron chi connectivity index (χ2n) is 7.57. The molecule has 6 nitrogen and oxygen atoms in total. The number of aliphatic carboxylic acids is 1. The van der Waals surface area contributed by atoms with Crippen LogP contribution < -0.4 is 14.8 Å². The van der Waals surface area contributed by atoms with E-state index < -0.39 is 12.0 Å². The summed E-state index contributed by atoms with van der Waals surface area (Å²) in [5.41, 5.74) is 2.20. The molecule has 0 aliphatic rings. The van der Waals surface area contributed by atoms with Crippen LogP contribution in [0.25, 0.3) is 0 Å². The fraction of sp³-hybridized carbons (Fsp3) is 0.364. The Morgan fingerprint density at radius 1 is 1.00 bits per heavy atom. The molecule has 2 aromatic rings. The van der Waals surface area contributed by atoms with Crippen molar-refractivity contribution in [3.63, 3.8) is 0 Å². The lowest BCUT2D eigenvalue weighted by Gasteiger charge is -2.21. The topological polar surface area (TPSA) is 84.9 Å². The number of carboxylic acids is 1. The van der Waals surface area contributed by atoms with Crippen molar-refractivity contribution >= 4 is 11.9 Å². The lowest BCUT2D eigenvalue weighted by atomic mass is 9.86. The maximum Gasteiger partial charge on any atom is 0.305 e. The van der Waals surface area contributed by atoms with E-state index in [4.69, 9.17) is 9.47 Å². The van der Waals surface area contributed by atoms with Gasteiger partial charge in [-0.05, 0) is 40.8 Å². The molecule has 0 saturated heterocycles. The van der Waals surface area contributed by atoms with Crippen LogP contribution in [0.4, 0.5) is 0 Å². The predicted molar refractivity (Wildman–Crippen MR) is 107 cm³/mol. The molecule has 6 heteroatoms. The summed E-state index contributed by atoms with van der Waals surface area (Å²) >= 11 is 0. The van der Waals surface area contributed by atoms with E-state index in [0.29, 0.717) is 22.6 Å². The lowest BCUT2D eigenvalue weighted by molar-refractivity contribution is -0.137. The van der Waals surface area contributed by atoms with Crippen molar-refractivity contribution in [2.24, 2.45) is 0 Å². The smallest absolute Gasteiger partial charge is 0.305 e. The van der Waals surface area contributed by atoms with Gasteiger partial charge in [0.25, 0.3) is 5.91 Å². The van der Waals surface area contributed by atoms with Crippen molar-refractivity contribution in [1.29, 1.82) is 0 Å². The Balaban J connectivity index is 2.27. The molecule has 0 aromatic heterocycles. The normalized spacial score (nSPS) is 12.2. The molecule has 1 amide bonds. The lowest BCUT2D eigenvalue weighted by Crippen LogP contribution is -2.30. The SMILES string of the molecule is COc1ccc(C(CC(=O)O)NC(=O)c2ccc(C(C)(C)C)cc2)cc1OC. The third kappa shape index (κ3) is 5.25. The Hall–Kier alpha value is -3.02. The van der Waals surface area contributed by atoms with Crippen molar-refractivity contribution in [3.05, 3.63) is 59.2 Å². The van der Waals surface area contributed by atoms with Gasteiger partial charge in [-0.2, -0.15) is 0 Å². The highest BCUT2D eigenvalue weighted by atomic mass is 16.5. The highest BCUT2D eigenvalue weighted by molar-refractivity contribution is 5.94. The first-order valence-electron chi connectivity index (χ1n) is 9.01. The van der Waals surface area contributed by atoms with Crippen LogP contribution in [0.5, 0.6) is 11.5 Å². The van der Waals surface area contributed by atoms with Gasteiger partial charge in [-0.25, -0.2) is 0 Å². The number of hydrogen-bond donors (Lipinski definition) is 2. The summed E-state index contributed by atoms with van der Waals surface area (Å²) in [4.78, 5) is 24.0. The quantitative estimate of drug-likeness (QED) is 0.754. The zero-order chi connectivity index (χ0) is 20.9. The molecule has 2 rings (SSSR count). The van der Waals surface area contributed by atoms with Crippen LogP contribution in [0.3, 0.4) is 0 Å². The molecular weight excluding hydrogens is 358 g/mol. The Bertz CT molecular complexity index is 837. The highest BCUT2D eigenvalue weighted by Crippen LogP contribution is 2.31. The third-order valence-electron chi connectivity index (χ3n) is 4.51. The zero-order valence-electron chi connectivity index (χ0n) is 16.9. The minimum Gasteiger partial charge on any atom is -0.493 e.